The number of carbonyl (C=O) groups excluding carboxylic acids is 1. The van der Waals surface area contributed by atoms with Crippen LogP contribution in [0.25, 0.3) is 11.1 Å². The van der Waals surface area contributed by atoms with Crippen LogP contribution in [0.15, 0.2) is 104 Å². The highest BCUT2D eigenvalue weighted by molar-refractivity contribution is 7.80. The Morgan fingerprint density at radius 2 is 1.41 bits per heavy atom. The van der Waals surface area contributed by atoms with E-state index in [1.54, 1.807) is 12.1 Å². The van der Waals surface area contributed by atoms with Gasteiger partial charge in [0.1, 0.15) is 5.75 Å². The molecule has 6 heteroatoms. The Morgan fingerprint density at radius 3 is 1.98 bits per heavy atom. The number of hydrogen-bond acceptors (Lipinski definition) is 6. The van der Waals surface area contributed by atoms with Gasteiger partial charge < -0.3 is 20.2 Å². The summed E-state index contributed by atoms with van der Waals surface area (Å²) in [5.41, 5.74) is 7.75. The molecule has 1 aliphatic heterocycles. The van der Waals surface area contributed by atoms with E-state index in [2.05, 4.69) is 37.6 Å². The molecule has 4 aromatic carbocycles. The third kappa shape index (κ3) is 9.58. The first kappa shape index (κ1) is 36.4. The van der Waals surface area contributed by atoms with Crippen molar-refractivity contribution in [1.29, 1.82) is 0 Å². The smallest absolute Gasteiger partial charge is 0.193 e. The summed E-state index contributed by atoms with van der Waals surface area (Å²) in [4.78, 5) is 15.3. The van der Waals surface area contributed by atoms with Gasteiger partial charge >= 0.3 is 0 Å². The number of thiol groups is 1. The van der Waals surface area contributed by atoms with Crippen molar-refractivity contribution in [3.05, 3.63) is 132 Å². The van der Waals surface area contributed by atoms with Gasteiger partial charge in [-0.05, 0) is 103 Å². The SMILES string of the molecule is C=C.CC.Cc1ccc(C(=O)c2ccc(N3CCC(C(O)c4ccccc4-c4ccc(O)cc4)CC3)cc2)cc1C.OCS. The number of hydrogen-bond donors (Lipinski definition) is 4. The fourth-order valence-corrected chi connectivity index (χ4v) is 5.26. The van der Waals surface area contributed by atoms with E-state index in [4.69, 9.17) is 5.11 Å². The number of aliphatic hydroxyl groups excluding tert-OH is 2. The Kier molecular flexibility index (Phi) is 15.5. The Bertz CT molecular complexity index is 1430. The molecule has 1 aliphatic rings. The molecule has 1 heterocycles. The van der Waals surface area contributed by atoms with Gasteiger partial charge in [-0.1, -0.05) is 62.4 Å². The summed E-state index contributed by atoms with van der Waals surface area (Å²) in [6, 6.07) is 28.9. The first-order valence-electron chi connectivity index (χ1n) is 15.1. The lowest BCUT2D eigenvalue weighted by Crippen LogP contribution is -2.35. The van der Waals surface area contributed by atoms with E-state index in [9.17, 15) is 15.0 Å². The fraction of sp³-hybridized carbons (Fsp3) is 0.289. The van der Waals surface area contributed by atoms with E-state index >= 15 is 0 Å². The van der Waals surface area contributed by atoms with Gasteiger partial charge in [0.05, 0.1) is 12.0 Å². The van der Waals surface area contributed by atoms with Gasteiger partial charge in [0.15, 0.2) is 5.78 Å². The number of aromatic hydroxyl groups is 1. The molecule has 1 unspecified atom stereocenters. The number of aryl methyl sites for hydroxylation is 2. The van der Waals surface area contributed by atoms with Crippen LogP contribution in [-0.2, 0) is 0 Å². The Balaban J connectivity index is 0.000000893. The largest absolute Gasteiger partial charge is 0.508 e. The zero-order valence-electron chi connectivity index (χ0n) is 26.4. The Hall–Kier alpha value is -3.84. The maximum atomic E-state index is 12.9. The molecule has 4 aromatic rings. The molecule has 0 saturated carbocycles. The minimum atomic E-state index is -0.551. The minimum Gasteiger partial charge on any atom is -0.508 e. The van der Waals surface area contributed by atoms with E-state index in [0.717, 1.165) is 59.4 Å². The number of phenolic OH excluding ortho intramolecular Hbond substituents is 1. The van der Waals surface area contributed by atoms with Gasteiger partial charge in [-0.25, -0.2) is 0 Å². The average Bonchev–Trinajstić information content (AvgIpc) is 3.08. The summed E-state index contributed by atoms with van der Waals surface area (Å²) >= 11 is 3.34. The van der Waals surface area contributed by atoms with Crippen molar-refractivity contribution in [2.45, 2.75) is 46.6 Å². The van der Waals surface area contributed by atoms with Crippen LogP contribution in [0.2, 0.25) is 0 Å². The summed E-state index contributed by atoms with van der Waals surface area (Å²) < 4.78 is 0. The number of rotatable bonds is 6. The quantitative estimate of drug-likeness (QED) is 0.0758. The number of ketones is 1. The fourth-order valence-electron chi connectivity index (χ4n) is 5.26. The molecule has 1 saturated heterocycles. The summed E-state index contributed by atoms with van der Waals surface area (Å²) in [6.07, 6.45) is 1.22. The molecule has 1 atom stereocenters. The van der Waals surface area contributed by atoms with Crippen LogP contribution in [0.5, 0.6) is 5.75 Å². The minimum absolute atomic E-state index is 0.0452. The Labute approximate surface area is 268 Å². The highest BCUT2D eigenvalue weighted by atomic mass is 32.1. The second kappa shape index (κ2) is 18.7. The van der Waals surface area contributed by atoms with Crippen LogP contribution in [0.1, 0.15) is 65.4 Å². The molecule has 5 rings (SSSR count). The maximum absolute atomic E-state index is 12.9. The van der Waals surface area contributed by atoms with Crippen molar-refractivity contribution in [2.24, 2.45) is 5.92 Å². The van der Waals surface area contributed by atoms with E-state index in [1.807, 2.05) is 99.6 Å². The molecule has 0 aromatic heterocycles. The summed E-state index contributed by atoms with van der Waals surface area (Å²) in [6.45, 7) is 15.8. The van der Waals surface area contributed by atoms with Gasteiger partial charge in [0, 0.05) is 29.9 Å². The lowest BCUT2D eigenvalue weighted by molar-refractivity contribution is 0.0934. The number of anilines is 1. The summed E-state index contributed by atoms with van der Waals surface area (Å²) in [5, 5.41) is 28.4. The predicted molar refractivity (Wildman–Crippen MR) is 188 cm³/mol. The zero-order chi connectivity index (χ0) is 32.6. The number of phenols is 1. The number of benzene rings is 4. The van der Waals surface area contributed by atoms with Gasteiger partial charge in [0.2, 0.25) is 0 Å². The Morgan fingerprint density at radius 1 is 0.864 bits per heavy atom. The van der Waals surface area contributed by atoms with E-state index in [1.165, 1.54) is 5.56 Å². The van der Waals surface area contributed by atoms with Crippen molar-refractivity contribution in [3.8, 4) is 16.9 Å². The molecular formula is C38H47NO4S. The van der Waals surface area contributed by atoms with Gasteiger partial charge in [0.25, 0.3) is 0 Å². The molecule has 5 nitrogen and oxygen atoms in total. The predicted octanol–water partition coefficient (Wildman–Crippen LogP) is 8.55. The third-order valence-corrected chi connectivity index (χ3v) is 7.71. The molecule has 0 aliphatic carbocycles. The van der Waals surface area contributed by atoms with Crippen LogP contribution in [0.3, 0.4) is 0 Å². The van der Waals surface area contributed by atoms with Crippen LogP contribution in [0, 0.1) is 19.8 Å². The molecular weight excluding hydrogens is 566 g/mol. The lowest BCUT2D eigenvalue weighted by Gasteiger charge is -2.36. The monoisotopic (exact) mass is 613 g/mol. The summed E-state index contributed by atoms with van der Waals surface area (Å²) in [5.74, 6) is 0.390. The second-order valence-electron chi connectivity index (χ2n) is 10.2. The van der Waals surface area contributed by atoms with E-state index < -0.39 is 6.10 Å². The van der Waals surface area contributed by atoms with Crippen LogP contribution in [-0.4, -0.2) is 40.1 Å². The highest BCUT2D eigenvalue weighted by Crippen LogP contribution is 2.37. The van der Waals surface area contributed by atoms with Crippen molar-refractivity contribution in [1.82, 2.24) is 0 Å². The van der Waals surface area contributed by atoms with Crippen LogP contribution < -0.4 is 4.90 Å². The topological polar surface area (TPSA) is 81.0 Å². The number of nitrogens with zero attached hydrogens (tertiary/aromatic N) is 1. The second-order valence-corrected chi connectivity index (χ2v) is 10.5. The first-order chi connectivity index (χ1) is 21.3. The number of aliphatic hydroxyl groups is 2. The van der Waals surface area contributed by atoms with Crippen molar-refractivity contribution >= 4 is 24.1 Å². The third-order valence-electron chi connectivity index (χ3n) is 7.71. The average molecular weight is 614 g/mol. The van der Waals surface area contributed by atoms with E-state index in [-0.39, 0.29) is 23.4 Å². The molecule has 234 valence electrons. The zero-order valence-corrected chi connectivity index (χ0v) is 27.3. The first-order valence-corrected chi connectivity index (χ1v) is 15.7. The van der Waals surface area contributed by atoms with Crippen molar-refractivity contribution < 1.29 is 20.1 Å². The highest BCUT2D eigenvalue weighted by Gasteiger charge is 2.28. The molecule has 44 heavy (non-hydrogen) atoms. The van der Waals surface area contributed by atoms with Gasteiger partial charge in [-0.15, -0.1) is 13.2 Å². The number of piperidine rings is 1. The molecule has 0 bridgehead atoms. The standard InChI is InChI=1S/C33H33NO3.C2H6.C2H4.CH4OS/c1-22-7-8-27(21-23(22)2)32(36)25-9-13-28(14-10-25)34-19-17-26(18-20-34)33(37)31-6-4-3-5-30(31)24-11-15-29(35)16-12-24;2*1-2;2-1-3/h3-16,21,26,33,35,37H,17-20H2,1-2H3;1-2H3;1-2H2;2-3H,1H2. The molecule has 0 spiro atoms. The van der Waals surface area contributed by atoms with Gasteiger partial charge in [-0.2, -0.15) is 12.6 Å². The summed E-state index contributed by atoms with van der Waals surface area (Å²) in [7, 11) is 0. The van der Waals surface area contributed by atoms with Crippen LogP contribution >= 0.6 is 12.6 Å². The molecule has 1 fully saturated rings. The van der Waals surface area contributed by atoms with Crippen LogP contribution in [0.4, 0.5) is 5.69 Å². The van der Waals surface area contributed by atoms with E-state index in [0.29, 0.717) is 5.56 Å². The molecule has 3 N–H and O–H groups in total. The van der Waals surface area contributed by atoms with Crippen molar-refractivity contribution in [3.63, 3.8) is 0 Å². The maximum Gasteiger partial charge on any atom is 0.193 e. The molecule has 0 radical (unpaired) electrons. The number of carbonyl (C=O) groups is 1. The van der Waals surface area contributed by atoms with Crippen molar-refractivity contribution in [2.75, 3.05) is 23.9 Å². The van der Waals surface area contributed by atoms with Gasteiger partial charge in [-0.3, -0.25) is 4.79 Å². The molecule has 0 amide bonds. The lowest BCUT2D eigenvalue weighted by atomic mass is 9.84. The normalized spacial score (nSPS) is 13.2.